The monoisotopic (exact) mass is 356 g/mol. The molecule has 0 bridgehead atoms. The van der Waals surface area contributed by atoms with Crippen LogP contribution in [0.3, 0.4) is 0 Å². The van der Waals surface area contributed by atoms with Gasteiger partial charge >= 0.3 is 0 Å². The molecule has 1 unspecified atom stereocenters. The van der Waals surface area contributed by atoms with E-state index in [2.05, 4.69) is 21.2 Å². The van der Waals surface area contributed by atoms with Gasteiger partial charge in [-0.15, -0.1) is 0 Å². The molecule has 20 heavy (non-hydrogen) atoms. The average Bonchev–Trinajstić information content (AvgIpc) is 2.43. The first-order valence-corrected chi connectivity index (χ1v) is 7.36. The van der Waals surface area contributed by atoms with E-state index in [9.17, 15) is 4.39 Å². The number of hydrogen-bond acceptors (Lipinski definition) is 2. The Hall–Kier alpha value is -1.10. The third-order valence-electron chi connectivity index (χ3n) is 3.08. The molecule has 3 N–H and O–H groups in total. The first-order valence-electron chi connectivity index (χ1n) is 6.19. The van der Waals surface area contributed by atoms with Gasteiger partial charge < -0.3 is 11.1 Å². The number of nitrogens with one attached hydrogen (secondary N) is 1. The number of hydrogen-bond donors (Lipinski definition) is 2. The summed E-state index contributed by atoms with van der Waals surface area (Å²) in [6, 6.07) is 10.5. The molecule has 1 atom stereocenters. The zero-order valence-corrected chi connectivity index (χ0v) is 13.3. The first-order chi connectivity index (χ1) is 9.51. The van der Waals surface area contributed by atoms with Crippen molar-refractivity contribution in [1.29, 1.82) is 0 Å². The normalized spacial score (nSPS) is 12.2. The van der Waals surface area contributed by atoms with E-state index in [0.717, 1.165) is 15.7 Å². The van der Waals surface area contributed by atoms with Crippen LogP contribution in [0.4, 0.5) is 10.1 Å². The van der Waals surface area contributed by atoms with Crippen LogP contribution < -0.4 is 11.1 Å². The van der Waals surface area contributed by atoms with Gasteiger partial charge in [0.05, 0.1) is 11.1 Å². The smallest absolute Gasteiger partial charge is 0.126 e. The molecule has 0 saturated carbocycles. The van der Waals surface area contributed by atoms with Gasteiger partial charge in [-0.05, 0) is 58.2 Å². The summed E-state index contributed by atoms with van der Waals surface area (Å²) in [4.78, 5) is 0. The second-order valence-corrected chi connectivity index (χ2v) is 5.83. The fourth-order valence-corrected chi connectivity index (χ4v) is 2.38. The Balaban J connectivity index is 2.23. The van der Waals surface area contributed by atoms with E-state index in [1.165, 1.54) is 6.07 Å². The lowest BCUT2D eigenvalue weighted by Gasteiger charge is -2.19. The van der Waals surface area contributed by atoms with E-state index < -0.39 is 0 Å². The molecule has 0 fully saturated rings. The van der Waals surface area contributed by atoms with Crippen LogP contribution in [0.25, 0.3) is 0 Å². The highest BCUT2D eigenvalue weighted by Gasteiger charge is 2.11. The van der Waals surface area contributed by atoms with Gasteiger partial charge in [-0.25, -0.2) is 4.39 Å². The Bertz CT molecular complexity index is 619. The molecule has 5 heteroatoms. The minimum atomic E-state index is -0.212. The summed E-state index contributed by atoms with van der Waals surface area (Å²) < 4.78 is 14.2. The molecular weight excluding hydrogens is 343 g/mol. The molecule has 2 rings (SSSR count). The van der Waals surface area contributed by atoms with Crippen molar-refractivity contribution >= 4 is 33.2 Å². The maximum Gasteiger partial charge on any atom is 0.126 e. The molecule has 0 aliphatic rings. The highest BCUT2D eigenvalue weighted by Crippen LogP contribution is 2.28. The number of nitrogens with two attached hydrogens (primary N) is 1. The second-order valence-electron chi connectivity index (χ2n) is 4.57. The van der Waals surface area contributed by atoms with E-state index >= 15 is 0 Å². The molecule has 2 nitrogen and oxygen atoms in total. The van der Waals surface area contributed by atoms with Gasteiger partial charge in [-0.2, -0.15) is 0 Å². The number of rotatable bonds is 4. The molecule has 0 saturated heterocycles. The van der Waals surface area contributed by atoms with Gasteiger partial charge in [0.25, 0.3) is 0 Å². The Morgan fingerprint density at radius 3 is 2.65 bits per heavy atom. The largest absolute Gasteiger partial charge is 0.377 e. The highest BCUT2D eigenvalue weighted by molar-refractivity contribution is 9.10. The van der Waals surface area contributed by atoms with Crippen LogP contribution in [0, 0.1) is 12.7 Å². The zero-order valence-electron chi connectivity index (χ0n) is 11.0. The number of aryl methyl sites for hydroxylation is 1. The fourth-order valence-electron chi connectivity index (χ4n) is 1.95. The van der Waals surface area contributed by atoms with E-state index in [4.69, 9.17) is 17.3 Å². The van der Waals surface area contributed by atoms with E-state index in [1.54, 1.807) is 19.1 Å². The Morgan fingerprint density at radius 2 is 2.05 bits per heavy atom. The molecule has 0 radical (unpaired) electrons. The summed E-state index contributed by atoms with van der Waals surface area (Å²) in [5, 5.41) is 3.93. The summed E-state index contributed by atoms with van der Waals surface area (Å²) in [5.74, 6) is -0.212. The average molecular weight is 358 g/mol. The lowest BCUT2D eigenvalue weighted by Crippen LogP contribution is -2.20. The third kappa shape index (κ3) is 3.51. The van der Waals surface area contributed by atoms with Gasteiger partial charge in [-0.1, -0.05) is 23.7 Å². The van der Waals surface area contributed by atoms with Gasteiger partial charge in [0.2, 0.25) is 0 Å². The van der Waals surface area contributed by atoms with Gasteiger partial charge in [0.1, 0.15) is 5.82 Å². The molecule has 0 aliphatic carbocycles. The molecule has 0 aliphatic heterocycles. The summed E-state index contributed by atoms with van der Waals surface area (Å²) in [6.07, 6.45) is 0. The quantitative estimate of drug-likeness (QED) is 0.835. The van der Waals surface area contributed by atoms with Crippen molar-refractivity contribution in [2.75, 3.05) is 11.9 Å². The van der Waals surface area contributed by atoms with E-state index in [0.29, 0.717) is 17.1 Å². The van der Waals surface area contributed by atoms with Crippen molar-refractivity contribution in [1.82, 2.24) is 0 Å². The van der Waals surface area contributed by atoms with Crippen LogP contribution in [0.5, 0.6) is 0 Å². The SMILES string of the molecule is Cc1cc(C(CN)Nc2ccc(Br)c(Cl)c2)ccc1F. The maximum absolute atomic E-state index is 13.3. The molecule has 0 aromatic heterocycles. The van der Waals surface area contributed by atoms with Crippen molar-refractivity contribution in [3.05, 3.63) is 62.8 Å². The van der Waals surface area contributed by atoms with Gasteiger partial charge in [0.15, 0.2) is 0 Å². The minimum absolute atomic E-state index is 0.0912. The highest BCUT2D eigenvalue weighted by atomic mass is 79.9. The van der Waals surface area contributed by atoms with Crippen molar-refractivity contribution in [2.45, 2.75) is 13.0 Å². The Morgan fingerprint density at radius 1 is 1.30 bits per heavy atom. The minimum Gasteiger partial charge on any atom is -0.377 e. The standard InChI is InChI=1S/C15H15BrClFN2/c1-9-6-10(2-5-14(9)18)15(8-19)20-11-3-4-12(16)13(17)7-11/h2-7,15,20H,8,19H2,1H3. The Labute approximate surface area is 131 Å². The van der Waals surface area contributed by atoms with Gasteiger partial charge in [0, 0.05) is 16.7 Å². The lowest BCUT2D eigenvalue weighted by atomic mass is 10.0. The zero-order chi connectivity index (χ0) is 14.7. The summed E-state index contributed by atoms with van der Waals surface area (Å²) in [5.41, 5.74) is 8.24. The van der Waals surface area contributed by atoms with E-state index in [1.807, 2.05) is 18.2 Å². The van der Waals surface area contributed by atoms with Crippen molar-refractivity contribution in [2.24, 2.45) is 5.73 Å². The number of halogens is 3. The summed E-state index contributed by atoms with van der Waals surface area (Å²) in [7, 11) is 0. The van der Waals surface area contributed by atoms with Crippen molar-refractivity contribution < 1.29 is 4.39 Å². The molecule has 2 aromatic rings. The summed E-state index contributed by atoms with van der Waals surface area (Å²) >= 11 is 9.41. The molecule has 2 aromatic carbocycles. The van der Waals surface area contributed by atoms with Crippen LogP contribution in [-0.4, -0.2) is 6.54 Å². The van der Waals surface area contributed by atoms with E-state index in [-0.39, 0.29) is 11.9 Å². The second kappa shape index (κ2) is 6.57. The van der Waals surface area contributed by atoms with Crippen molar-refractivity contribution in [3.8, 4) is 0 Å². The van der Waals surface area contributed by atoms with Crippen LogP contribution in [0.1, 0.15) is 17.2 Å². The van der Waals surface area contributed by atoms with Crippen LogP contribution in [0.2, 0.25) is 5.02 Å². The fraction of sp³-hybridized carbons (Fsp3) is 0.200. The summed E-state index contributed by atoms with van der Waals surface area (Å²) in [6.45, 7) is 2.14. The first kappa shape index (κ1) is 15.3. The van der Waals surface area contributed by atoms with Crippen LogP contribution in [-0.2, 0) is 0 Å². The predicted molar refractivity (Wildman–Crippen MR) is 85.7 cm³/mol. The lowest BCUT2D eigenvalue weighted by molar-refractivity contribution is 0.616. The molecule has 0 heterocycles. The number of benzene rings is 2. The third-order valence-corrected chi connectivity index (χ3v) is 4.31. The van der Waals surface area contributed by atoms with Gasteiger partial charge in [-0.3, -0.25) is 0 Å². The molecule has 0 spiro atoms. The molecule has 106 valence electrons. The van der Waals surface area contributed by atoms with Crippen LogP contribution in [0.15, 0.2) is 40.9 Å². The van der Waals surface area contributed by atoms with Crippen molar-refractivity contribution in [3.63, 3.8) is 0 Å². The maximum atomic E-state index is 13.3. The molecule has 0 amide bonds. The number of anilines is 1. The Kier molecular flexibility index (Phi) is 5.02. The topological polar surface area (TPSA) is 38.0 Å². The van der Waals surface area contributed by atoms with Crippen LogP contribution >= 0.6 is 27.5 Å². The molecular formula is C15H15BrClFN2. The predicted octanol–water partition coefficient (Wildman–Crippen LogP) is 4.66.